The number of carbonyl (C=O) groups excluding carboxylic acids is 1. The maximum absolute atomic E-state index is 13.4. The number of nitrogens with one attached hydrogen (secondary N) is 1. The van der Waals surface area contributed by atoms with Crippen molar-refractivity contribution in [2.75, 3.05) is 18.1 Å². The Morgan fingerprint density at radius 3 is 3.12 bits per heavy atom. The van der Waals surface area contributed by atoms with Crippen LogP contribution in [0.15, 0.2) is 22.7 Å². The molecule has 0 bridgehead atoms. The molecule has 1 amide bonds. The highest BCUT2D eigenvalue weighted by Crippen LogP contribution is 2.22. The molecule has 1 aliphatic heterocycles. The molecule has 1 aromatic rings. The van der Waals surface area contributed by atoms with Crippen LogP contribution in [0.2, 0.25) is 0 Å². The molecule has 1 unspecified atom stereocenters. The summed E-state index contributed by atoms with van der Waals surface area (Å²) in [7, 11) is 0. The van der Waals surface area contributed by atoms with Gasteiger partial charge in [-0.15, -0.1) is 0 Å². The van der Waals surface area contributed by atoms with Crippen molar-refractivity contribution in [1.29, 1.82) is 0 Å². The van der Waals surface area contributed by atoms with Gasteiger partial charge in [-0.25, -0.2) is 4.39 Å². The Morgan fingerprint density at radius 1 is 1.59 bits per heavy atom. The van der Waals surface area contributed by atoms with Crippen LogP contribution in [0.25, 0.3) is 0 Å². The van der Waals surface area contributed by atoms with Gasteiger partial charge in [0.2, 0.25) is 0 Å². The average molecular weight is 318 g/mol. The number of carbonyl (C=O) groups is 1. The second kappa shape index (κ2) is 5.87. The molecular formula is C12H13BrFNOS. The van der Waals surface area contributed by atoms with Gasteiger partial charge in [-0.3, -0.25) is 4.79 Å². The highest BCUT2D eigenvalue weighted by atomic mass is 79.9. The van der Waals surface area contributed by atoms with Crippen LogP contribution >= 0.6 is 27.7 Å². The number of rotatable bonds is 3. The summed E-state index contributed by atoms with van der Waals surface area (Å²) >= 11 is 5.13. The molecule has 1 N–H and O–H groups in total. The zero-order valence-corrected chi connectivity index (χ0v) is 11.6. The molecule has 5 heteroatoms. The van der Waals surface area contributed by atoms with E-state index in [0.717, 1.165) is 17.9 Å². The van der Waals surface area contributed by atoms with Gasteiger partial charge >= 0.3 is 0 Å². The Hall–Kier alpha value is -0.550. The van der Waals surface area contributed by atoms with E-state index in [1.165, 1.54) is 12.1 Å². The zero-order chi connectivity index (χ0) is 12.3. The van der Waals surface area contributed by atoms with Gasteiger partial charge in [-0.2, -0.15) is 11.8 Å². The highest BCUT2D eigenvalue weighted by molar-refractivity contribution is 9.10. The lowest BCUT2D eigenvalue weighted by atomic mass is 10.1. The minimum atomic E-state index is -0.480. The molecule has 0 radical (unpaired) electrons. The van der Waals surface area contributed by atoms with Crippen molar-refractivity contribution in [1.82, 2.24) is 5.32 Å². The molecule has 92 valence electrons. The van der Waals surface area contributed by atoms with E-state index in [-0.39, 0.29) is 11.5 Å². The lowest BCUT2D eigenvalue weighted by Crippen LogP contribution is -2.29. The lowest BCUT2D eigenvalue weighted by Gasteiger charge is -2.10. The molecule has 0 spiro atoms. The van der Waals surface area contributed by atoms with E-state index >= 15 is 0 Å². The van der Waals surface area contributed by atoms with Crippen LogP contribution in [0.3, 0.4) is 0 Å². The van der Waals surface area contributed by atoms with Crippen molar-refractivity contribution >= 4 is 33.6 Å². The third-order valence-electron chi connectivity index (χ3n) is 2.75. The van der Waals surface area contributed by atoms with Crippen LogP contribution < -0.4 is 5.32 Å². The quantitative estimate of drug-likeness (QED) is 0.928. The molecule has 0 saturated carbocycles. The Morgan fingerprint density at radius 2 is 2.41 bits per heavy atom. The minimum Gasteiger partial charge on any atom is -0.352 e. The minimum absolute atomic E-state index is 0.102. The first-order valence-electron chi connectivity index (χ1n) is 5.48. The number of amides is 1. The van der Waals surface area contributed by atoms with E-state index in [1.54, 1.807) is 6.07 Å². The van der Waals surface area contributed by atoms with Crippen molar-refractivity contribution in [2.45, 2.75) is 6.42 Å². The molecule has 2 rings (SSSR count). The first-order valence-corrected chi connectivity index (χ1v) is 7.42. The summed E-state index contributed by atoms with van der Waals surface area (Å²) in [5.74, 6) is 1.96. The maximum atomic E-state index is 13.4. The normalized spacial score (nSPS) is 19.3. The predicted octanol–water partition coefficient (Wildman–Crippen LogP) is 3.07. The number of hydrogen-bond acceptors (Lipinski definition) is 2. The SMILES string of the molecule is O=C(NCC1CCSC1)c1cc(Br)ccc1F. The molecular weight excluding hydrogens is 305 g/mol. The fourth-order valence-electron chi connectivity index (χ4n) is 1.75. The van der Waals surface area contributed by atoms with Crippen LogP contribution in [0.4, 0.5) is 4.39 Å². The fourth-order valence-corrected chi connectivity index (χ4v) is 3.39. The van der Waals surface area contributed by atoms with Crippen molar-refractivity contribution in [3.05, 3.63) is 34.1 Å². The van der Waals surface area contributed by atoms with Gasteiger partial charge in [-0.1, -0.05) is 15.9 Å². The number of halogens is 2. The molecule has 0 aliphatic carbocycles. The number of hydrogen-bond donors (Lipinski definition) is 1. The largest absolute Gasteiger partial charge is 0.352 e. The maximum Gasteiger partial charge on any atom is 0.254 e. The molecule has 1 atom stereocenters. The van der Waals surface area contributed by atoms with Gasteiger partial charge in [-0.05, 0) is 42.0 Å². The standard InChI is InChI=1S/C12H13BrFNOS/c13-9-1-2-11(14)10(5-9)12(16)15-6-8-3-4-17-7-8/h1-2,5,8H,3-4,6-7H2,(H,15,16). The van der Waals surface area contributed by atoms with Gasteiger partial charge in [0, 0.05) is 11.0 Å². The van der Waals surface area contributed by atoms with E-state index < -0.39 is 5.82 Å². The molecule has 2 nitrogen and oxygen atoms in total. The summed E-state index contributed by atoms with van der Waals surface area (Å²) in [6.07, 6.45) is 1.13. The predicted molar refractivity (Wildman–Crippen MR) is 71.9 cm³/mol. The van der Waals surface area contributed by atoms with Crippen molar-refractivity contribution in [2.24, 2.45) is 5.92 Å². The van der Waals surface area contributed by atoms with Crippen LogP contribution in [-0.4, -0.2) is 24.0 Å². The van der Waals surface area contributed by atoms with E-state index in [0.29, 0.717) is 16.9 Å². The van der Waals surface area contributed by atoms with Crippen molar-refractivity contribution in [3.8, 4) is 0 Å². The second-order valence-electron chi connectivity index (χ2n) is 4.06. The third-order valence-corrected chi connectivity index (χ3v) is 4.47. The zero-order valence-electron chi connectivity index (χ0n) is 9.21. The highest BCUT2D eigenvalue weighted by Gasteiger charge is 2.18. The van der Waals surface area contributed by atoms with Gasteiger partial charge in [0.1, 0.15) is 5.82 Å². The van der Waals surface area contributed by atoms with Crippen LogP contribution in [0.1, 0.15) is 16.8 Å². The fraction of sp³-hybridized carbons (Fsp3) is 0.417. The number of thioether (sulfide) groups is 1. The number of benzene rings is 1. The Bertz CT molecular complexity index is 421. The van der Waals surface area contributed by atoms with Gasteiger partial charge in [0.05, 0.1) is 5.56 Å². The molecule has 1 aliphatic rings. The van der Waals surface area contributed by atoms with Crippen molar-refractivity contribution < 1.29 is 9.18 Å². The van der Waals surface area contributed by atoms with E-state index in [4.69, 9.17) is 0 Å². The van der Waals surface area contributed by atoms with Gasteiger partial charge < -0.3 is 5.32 Å². The monoisotopic (exact) mass is 317 g/mol. The lowest BCUT2D eigenvalue weighted by molar-refractivity contribution is 0.0944. The summed E-state index contributed by atoms with van der Waals surface area (Å²) in [6.45, 7) is 0.637. The first kappa shape index (κ1) is 12.9. The van der Waals surface area contributed by atoms with Crippen molar-refractivity contribution in [3.63, 3.8) is 0 Å². The van der Waals surface area contributed by atoms with E-state index in [9.17, 15) is 9.18 Å². The Kier molecular flexibility index (Phi) is 4.45. The van der Waals surface area contributed by atoms with Crippen LogP contribution in [0.5, 0.6) is 0 Å². The average Bonchev–Trinajstić information content (AvgIpc) is 2.82. The topological polar surface area (TPSA) is 29.1 Å². The smallest absolute Gasteiger partial charge is 0.254 e. The summed E-state index contributed by atoms with van der Waals surface area (Å²) in [4.78, 5) is 11.8. The van der Waals surface area contributed by atoms with E-state index in [1.807, 2.05) is 11.8 Å². The van der Waals surface area contributed by atoms with Gasteiger partial charge in [0.15, 0.2) is 0 Å². The van der Waals surface area contributed by atoms with Gasteiger partial charge in [0.25, 0.3) is 5.91 Å². The van der Waals surface area contributed by atoms with Crippen LogP contribution in [0, 0.1) is 11.7 Å². The summed E-state index contributed by atoms with van der Waals surface area (Å²) in [5.41, 5.74) is 0.102. The van der Waals surface area contributed by atoms with Crippen LogP contribution in [-0.2, 0) is 0 Å². The molecule has 1 aromatic carbocycles. The molecule has 17 heavy (non-hydrogen) atoms. The first-order chi connectivity index (χ1) is 8.16. The molecule has 1 fully saturated rings. The molecule has 0 aromatic heterocycles. The summed E-state index contributed by atoms with van der Waals surface area (Å²) < 4.78 is 14.1. The summed E-state index contributed by atoms with van der Waals surface area (Å²) in [6, 6.07) is 4.39. The molecule has 1 saturated heterocycles. The second-order valence-corrected chi connectivity index (χ2v) is 6.13. The molecule has 1 heterocycles. The Balaban J connectivity index is 1.96. The van der Waals surface area contributed by atoms with E-state index in [2.05, 4.69) is 21.2 Å². The third kappa shape index (κ3) is 3.45. The summed E-state index contributed by atoms with van der Waals surface area (Å²) in [5, 5.41) is 2.80. The Labute approximate surface area is 112 Å².